The molecule has 1 aromatic carbocycles. The third-order valence-electron chi connectivity index (χ3n) is 5.34. The minimum Gasteiger partial charge on any atom is -0.373 e. The summed E-state index contributed by atoms with van der Waals surface area (Å²) in [6.45, 7) is 7.03. The summed E-state index contributed by atoms with van der Waals surface area (Å²) < 4.78 is 33.3. The van der Waals surface area contributed by atoms with E-state index in [1.165, 1.54) is 0 Å². The molecule has 2 saturated heterocycles. The number of amides is 1. The highest BCUT2D eigenvalue weighted by Gasteiger charge is 2.45. The van der Waals surface area contributed by atoms with E-state index in [4.69, 9.17) is 4.74 Å². The molecule has 1 amide bonds. The smallest absolute Gasteiger partial charge is 0.243 e. The van der Waals surface area contributed by atoms with Crippen LogP contribution in [0.5, 0.6) is 0 Å². The lowest BCUT2D eigenvalue weighted by Gasteiger charge is -2.38. The molecule has 0 saturated carbocycles. The van der Waals surface area contributed by atoms with Crippen LogP contribution in [0, 0.1) is 12.8 Å². The summed E-state index contributed by atoms with van der Waals surface area (Å²) in [5.41, 5.74) is 0.621. The molecule has 0 aromatic heterocycles. The summed E-state index contributed by atoms with van der Waals surface area (Å²) in [5.74, 6) is -0.0111. The Balaban J connectivity index is 1.62. The molecule has 1 atom stereocenters. The summed E-state index contributed by atoms with van der Waals surface area (Å²) in [6.07, 6.45) is 2.07. The van der Waals surface area contributed by atoms with Gasteiger partial charge in [-0.15, -0.1) is 0 Å². The van der Waals surface area contributed by atoms with Crippen molar-refractivity contribution in [2.75, 3.05) is 19.7 Å². The largest absolute Gasteiger partial charge is 0.373 e. The molecule has 2 aliphatic heterocycles. The van der Waals surface area contributed by atoms with Crippen molar-refractivity contribution < 1.29 is 17.9 Å². The third-order valence-corrected chi connectivity index (χ3v) is 7.24. The van der Waals surface area contributed by atoms with Gasteiger partial charge < -0.3 is 10.1 Å². The molecule has 2 fully saturated rings. The van der Waals surface area contributed by atoms with Crippen LogP contribution in [0.3, 0.4) is 0 Å². The number of rotatable bonds is 4. The Morgan fingerprint density at radius 3 is 2.62 bits per heavy atom. The first-order valence-corrected chi connectivity index (χ1v) is 10.7. The number of sulfonamides is 1. The molecule has 144 valence electrons. The van der Waals surface area contributed by atoms with E-state index in [9.17, 15) is 13.2 Å². The van der Waals surface area contributed by atoms with E-state index in [-0.39, 0.29) is 23.5 Å². The van der Waals surface area contributed by atoms with Crippen LogP contribution in [0.15, 0.2) is 29.2 Å². The van der Waals surface area contributed by atoms with E-state index in [0.717, 1.165) is 12.0 Å². The highest BCUT2D eigenvalue weighted by atomic mass is 32.2. The van der Waals surface area contributed by atoms with Crippen LogP contribution >= 0.6 is 0 Å². The van der Waals surface area contributed by atoms with Crippen LogP contribution in [0.1, 0.15) is 38.7 Å². The van der Waals surface area contributed by atoms with Crippen LogP contribution in [-0.4, -0.2) is 50.0 Å². The highest BCUT2D eigenvalue weighted by molar-refractivity contribution is 7.89. The molecule has 1 unspecified atom stereocenters. The summed E-state index contributed by atoms with van der Waals surface area (Å²) in [4.78, 5) is 12.2. The number of piperidine rings is 1. The molecule has 2 heterocycles. The lowest BCUT2D eigenvalue weighted by molar-refractivity contribution is -0.124. The predicted octanol–water partition coefficient (Wildman–Crippen LogP) is 2.08. The molecule has 0 aliphatic carbocycles. The molecule has 1 spiro atoms. The summed E-state index contributed by atoms with van der Waals surface area (Å²) in [6, 6.07) is 7.04. The van der Waals surface area contributed by atoms with Crippen molar-refractivity contribution in [1.29, 1.82) is 0 Å². The topological polar surface area (TPSA) is 75.7 Å². The minimum atomic E-state index is -3.47. The Morgan fingerprint density at radius 1 is 1.31 bits per heavy atom. The van der Waals surface area contributed by atoms with Crippen LogP contribution in [0.2, 0.25) is 0 Å². The Morgan fingerprint density at radius 2 is 2.00 bits per heavy atom. The SMILES string of the molecule is Cc1cccc(S(=O)(=O)N2CCC3(CC2)CC(NC(=O)C(C)C)CO3)c1. The minimum absolute atomic E-state index is 0.0184. The second-order valence-corrected chi connectivity index (χ2v) is 9.72. The zero-order valence-electron chi connectivity index (χ0n) is 15.7. The van der Waals surface area contributed by atoms with Gasteiger partial charge in [0.25, 0.3) is 0 Å². The van der Waals surface area contributed by atoms with Crippen molar-refractivity contribution >= 4 is 15.9 Å². The van der Waals surface area contributed by atoms with Gasteiger partial charge in [0.15, 0.2) is 0 Å². The maximum Gasteiger partial charge on any atom is 0.243 e. The maximum absolute atomic E-state index is 12.9. The van der Waals surface area contributed by atoms with Crippen LogP contribution in [-0.2, 0) is 19.6 Å². The molecule has 0 bridgehead atoms. The normalized spacial score (nSPS) is 23.5. The van der Waals surface area contributed by atoms with Gasteiger partial charge in [-0.2, -0.15) is 4.31 Å². The summed E-state index contributed by atoms with van der Waals surface area (Å²) in [7, 11) is -3.47. The standard InChI is InChI=1S/C19H28N2O4S/c1-14(2)18(22)20-16-12-19(25-13-16)7-9-21(10-8-19)26(23,24)17-6-4-5-15(3)11-17/h4-6,11,14,16H,7-10,12-13H2,1-3H3,(H,20,22). The van der Waals surface area contributed by atoms with Crippen LogP contribution in [0.25, 0.3) is 0 Å². The lowest BCUT2D eigenvalue weighted by Crippen LogP contribution is -2.47. The van der Waals surface area contributed by atoms with E-state index in [2.05, 4.69) is 5.32 Å². The first-order valence-electron chi connectivity index (χ1n) is 9.23. The van der Waals surface area contributed by atoms with Gasteiger partial charge in [-0.3, -0.25) is 4.79 Å². The average Bonchev–Trinajstić information content (AvgIpc) is 2.97. The van der Waals surface area contributed by atoms with Gasteiger partial charge in [0.05, 0.1) is 23.1 Å². The third kappa shape index (κ3) is 3.94. The Hall–Kier alpha value is -1.44. The fraction of sp³-hybridized carbons (Fsp3) is 0.632. The van der Waals surface area contributed by atoms with Crippen LogP contribution in [0.4, 0.5) is 0 Å². The molecule has 7 heteroatoms. The van der Waals surface area contributed by atoms with Gasteiger partial charge in [-0.05, 0) is 43.9 Å². The number of nitrogens with zero attached hydrogens (tertiary/aromatic N) is 1. The number of carbonyl (C=O) groups is 1. The second-order valence-electron chi connectivity index (χ2n) is 7.78. The molecule has 3 rings (SSSR count). The quantitative estimate of drug-likeness (QED) is 0.868. The molecule has 1 N–H and O–H groups in total. The van der Waals surface area contributed by atoms with E-state index in [0.29, 0.717) is 37.4 Å². The summed E-state index contributed by atoms with van der Waals surface area (Å²) in [5, 5.41) is 3.03. The van der Waals surface area contributed by atoms with E-state index < -0.39 is 10.0 Å². The molecule has 1 aromatic rings. The number of carbonyl (C=O) groups excluding carboxylic acids is 1. The van der Waals surface area contributed by atoms with Crippen molar-refractivity contribution in [2.24, 2.45) is 5.92 Å². The van der Waals surface area contributed by atoms with Crippen LogP contribution < -0.4 is 5.32 Å². The lowest BCUT2D eigenvalue weighted by atomic mass is 9.88. The zero-order chi connectivity index (χ0) is 18.9. The van der Waals surface area contributed by atoms with Gasteiger partial charge >= 0.3 is 0 Å². The Bertz CT molecular complexity index is 767. The van der Waals surface area contributed by atoms with Gasteiger partial charge in [0, 0.05) is 19.0 Å². The molecular formula is C19H28N2O4S. The maximum atomic E-state index is 12.9. The molecule has 26 heavy (non-hydrogen) atoms. The first kappa shape index (κ1) is 19.3. The second kappa shape index (κ2) is 7.29. The molecule has 0 radical (unpaired) electrons. The van der Waals surface area contributed by atoms with E-state index in [1.807, 2.05) is 26.8 Å². The zero-order valence-corrected chi connectivity index (χ0v) is 16.5. The van der Waals surface area contributed by atoms with Crippen molar-refractivity contribution in [2.45, 2.75) is 56.6 Å². The average molecular weight is 381 g/mol. The van der Waals surface area contributed by atoms with Crippen molar-refractivity contribution in [3.05, 3.63) is 29.8 Å². The number of nitrogens with one attached hydrogen (secondary N) is 1. The molecule has 6 nitrogen and oxygen atoms in total. The Labute approximate surface area is 156 Å². The first-order chi connectivity index (χ1) is 12.2. The van der Waals surface area contributed by atoms with Gasteiger partial charge in [0.1, 0.15) is 0 Å². The fourth-order valence-electron chi connectivity index (χ4n) is 3.71. The van der Waals surface area contributed by atoms with Crippen molar-refractivity contribution in [3.63, 3.8) is 0 Å². The number of aryl methyl sites for hydroxylation is 1. The van der Waals surface area contributed by atoms with Gasteiger partial charge in [-0.1, -0.05) is 26.0 Å². The molecular weight excluding hydrogens is 352 g/mol. The van der Waals surface area contributed by atoms with Crippen molar-refractivity contribution in [3.8, 4) is 0 Å². The number of benzene rings is 1. The van der Waals surface area contributed by atoms with Crippen molar-refractivity contribution in [1.82, 2.24) is 9.62 Å². The predicted molar refractivity (Wildman–Crippen MR) is 99.2 cm³/mol. The van der Waals surface area contributed by atoms with Gasteiger partial charge in [-0.25, -0.2) is 8.42 Å². The fourth-order valence-corrected chi connectivity index (χ4v) is 5.26. The van der Waals surface area contributed by atoms with E-state index in [1.54, 1.807) is 22.5 Å². The van der Waals surface area contributed by atoms with Gasteiger partial charge in [0.2, 0.25) is 15.9 Å². The number of hydrogen-bond acceptors (Lipinski definition) is 4. The molecule has 2 aliphatic rings. The highest BCUT2D eigenvalue weighted by Crippen LogP contribution is 2.37. The number of hydrogen-bond donors (Lipinski definition) is 1. The monoisotopic (exact) mass is 380 g/mol. The number of ether oxygens (including phenoxy) is 1. The van der Waals surface area contributed by atoms with E-state index >= 15 is 0 Å². The summed E-state index contributed by atoms with van der Waals surface area (Å²) >= 11 is 0. The Kier molecular flexibility index (Phi) is 5.42.